The van der Waals surface area contributed by atoms with E-state index >= 15 is 0 Å². The molecule has 1 aliphatic rings. The van der Waals surface area contributed by atoms with E-state index in [4.69, 9.17) is 17.0 Å². The number of esters is 1. The van der Waals surface area contributed by atoms with E-state index in [0.717, 1.165) is 44.1 Å². The molecule has 0 saturated carbocycles. The molecule has 0 aliphatic heterocycles. The van der Waals surface area contributed by atoms with Gasteiger partial charge in [-0.2, -0.15) is 0 Å². The van der Waals surface area contributed by atoms with Gasteiger partial charge < -0.3 is 15.4 Å². The number of nitrogens with one attached hydrogen (secondary N) is 2. The number of hydrogen-bond acceptors (Lipinski definition) is 5. The van der Waals surface area contributed by atoms with Crippen molar-refractivity contribution in [3.05, 3.63) is 16.0 Å². The quantitative estimate of drug-likeness (QED) is 0.626. The Labute approximate surface area is 145 Å². The van der Waals surface area contributed by atoms with Crippen LogP contribution in [0.1, 0.15) is 59.8 Å². The van der Waals surface area contributed by atoms with Gasteiger partial charge in [0.1, 0.15) is 5.00 Å². The Morgan fingerprint density at radius 2 is 2.04 bits per heavy atom. The highest BCUT2D eigenvalue weighted by Gasteiger charge is 2.26. The van der Waals surface area contributed by atoms with Gasteiger partial charge in [0, 0.05) is 11.3 Å². The van der Waals surface area contributed by atoms with Crippen molar-refractivity contribution in [1.82, 2.24) is 5.32 Å². The van der Waals surface area contributed by atoms with E-state index in [-0.39, 0.29) is 17.0 Å². The second-order valence-corrected chi connectivity index (χ2v) is 7.03. The monoisotopic (exact) mass is 354 g/mol. The number of hydrogen-bond donors (Lipinski definition) is 2. The van der Waals surface area contributed by atoms with Crippen LogP contribution in [0.15, 0.2) is 0 Å². The number of rotatable bonds is 5. The second kappa shape index (κ2) is 8.40. The van der Waals surface area contributed by atoms with Gasteiger partial charge in [0.05, 0.1) is 12.7 Å². The van der Waals surface area contributed by atoms with Crippen LogP contribution in [0.3, 0.4) is 0 Å². The SMILES string of the molecule is CCCCC(=O)NC(=S)Nc1sc2c(c1C(=O)OC)CCCC2. The van der Waals surface area contributed by atoms with Crippen LogP contribution >= 0.6 is 23.6 Å². The normalized spacial score (nSPS) is 13.1. The van der Waals surface area contributed by atoms with E-state index in [2.05, 4.69) is 10.6 Å². The van der Waals surface area contributed by atoms with Crippen LogP contribution in [0.5, 0.6) is 0 Å². The lowest BCUT2D eigenvalue weighted by Crippen LogP contribution is -2.34. The first-order chi connectivity index (χ1) is 11.1. The molecule has 5 nitrogen and oxygen atoms in total. The Kier molecular flexibility index (Phi) is 6.53. The average molecular weight is 354 g/mol. The molecule has 1 heterocycles. The zero-order valence-corrected chi connectivity index (χ0v) is 15.1. The van der Waals surface area contributed by atoms with Crippen molar-refractivity contribution in [2.24, 2.45) is 0 Å². The minimum atomic E-state index is -0.355. The number of methoxy groups -OCH3 is 1. The van der Waals surface area contributed by atoms with Crippen molar-refractivity contribution in [1.29, 1.82) is 0 Å². The number of aryl methyl sites for hydroxylation is 1. The third-order valence-electron chi connectivity index (χ3n) is 3.80. The third kappa shape index (κ3) is 4.51. The van der Waals surface area contributed by atoms with Crippen molar-refractivity contribution >= 4 is 45.5 Å². The van der Waals surface area contributed by atoms with E-state index < -0.39 is 0 Å². The van der Waals surface area contributed by atoms with Crippen LogP contribution < -0.4 is 10.6 Å². The largest absolute Gasteiger partial charge is 0.465 e. The molecule has 0 radical (unpaired) electrons. The molecule has 1 aliphatic carbocycles. The molecule has 23 heavy (non-hydrogen) atoms. The van der Waals surface area contributed by atoms with Crippen molar-refractivity contribution < 1.29 is 14.3 Å². The molecule has 0 aromatic carbocycles. The smallest absolute Gasteiger partial charge is 0.341 e. The van der Waals surface area contributed by atoms with Gasteiger partial charge in [0.2, 0.25) is 5.91 Å². The van der Waals surface area contributed by atoms with Crippen LogP contribution in [0.25, 0.3) is 0 Å². The number of fused-ring (bicyclic) bond motifs is 1. The number of anilines is 1. The molecule has 0 unspecified atom stereocenters. The maximum absolute atomic E-state index is 12.1. The predicted octanol–water partition coefficient (Wildman–Crippen LogP) is 3.42. The van der Waals surface area contributed by atoms with Crippen LogP contribution in [-0.2, 0) is 22.4 Å². The molecule has 0 bridgehead atoms. The average Bonchev–Trinajstić information content (AvgIpc) is 2.89. The molecular formula is C16H22N2O3S2. The van der Waals surface area contributed by atoms with Gasteiger partial charge in [-0.25, -0.2) is 4.79 Å². The molecule has 2 N–H and O–H groups in total. The summed E-state index contributed by atoms with van der Waals surface area (Å²) in [5, 5.41) is 6.57. The number of carbonyl (C=O) groups excluding carboxylic acids is 2. The maximum atomic E-state index is 12.1. The molecule has 2 rings (SSSR count). The Bertz CT molecular complexity index is 611. The van der Waals surface area contributed by atoms with Crippen molar-refractivity contribution in [2.75, 3.05) is 12.4 Å². The lowest BCUT2D eigenvalue weighted by molar-refractivity contribution is -0.119. The molecule has 0 atom stereocenters. The molecule has 7 heteroatoms. The van der Waals surface area contributed by atoms with Gasteiger partial charge in [0.15, 0.2) is 5.11 Å². The highest BCUT2D eigenvalue weighted by molar-refractivity contribution is 7.80. The fourth-order valence-electron chi connectivity index (χ4n) is 2.63. The lowest BCUT2D eigenvalue weighted by atomic mass is 9.95. The molecule has 1 aromatic heterocycles. The van der Waals surface area contributed by atoms with Gasteiger partial charge in [0.25, 0.3) is 0 Å². The third-order valence-corrected chi connectivity index (χ3v) is 5.21. The number of thiocarbonyl (C=S) groups is 1. The number of thiophene rings is 1. The highest BCUT2D eigenvalue weighted by atomic mass is 32.1. The van der Waals surface area contributed by atoms with Crippen molar-refractivity contribution in [3.8, 4) is 0 Å². The predicted molar refractivity (Wildman–Crippen MR) is 96.2 cm³/mol. The van der Waals surface area contributed by atoms with E-state index in [1.807, 2.05) is 6.92 Å². The second-order valence-electron chi connectivity index (χ2n) is 5.51. The van der Waals surface area contributed by atoms with Crippen LogP contribution in [0.2, 0.25) is 0 Å². The summed E-state index contributed by atoms with van der Waals surface area (Å²) in [6.45, 7) is 2.03. The molecule has 0 saturated heterocycles. The first kappa shape index (κ1) is 17.9. The first-order valence-corrected chi connectivity index (χ1v) is 9.13. The lowest BCUT2D eigenvalue weighted by Gasteiger charge is -2.12. The molecule has 1 aromatic rings. The summed E-state index contributed by atoms with van der Waals surface area (Å²) in [6.07, 6.45) is 6.29. The first-order valence-electron chi connectivity index (χ1n) is 7.90. The zero-order chi connectivity index (χ0) is 16.8. The number of ether oxygens (including phenoxy) is 1. The molecular weight excluding hydrogens is 332 g/mol. The molecule has 0 fully saturated rings. The van der Waals surface area contributed by atoms with Gasteiger partial charge in [-0.1, -0.05) is 13.3 Å². The Balaban J connectivity index is 2.12. The Morgan fingerprint density at radius 3 is 2.74 bits per heavy atom. The number of amides is 1. The van der Waals surface area contributed by atoms with Crippen LogP contribution in [-0.4, -0.2) is 24.1 Å². The van der Waals surface area contributed by atoms with E-state index in [9.17, 15) is 9.59 Å². The van der Waals surface area contributed by atoms with E-state index in [1.165, 1.54) is 23.3 Å². The van der Waals surface area contributed by atoms with Crippen LogP contribution in [0, 0.1) is 0 Å². The zero-order valence-electron chi connectivity index (χ0n) is 13.5. The fourth-order valence-corrected chi connectivity index (χ4v) is 4.20. The summed E-state index contributed by atoms with van der Waals surface area (Å²) in [5.41, 5.74) is 1.63. The van der Waals surface area contributed by atoms with E-state index in [1.54, 1.807) is 0 Å². The summed E-state index contributed by atoms with van der Waals surface area (Å²) in [5.74, 6) is -0.461. The topological polar surface area (TPSA) is 67.4 Å². The van der Waals surface area contributed by atoms with Gasteiger partial charge in [-0.3, -0.25) is 4.79 Å². The summed E-state index contributed by atoms with van der Waals surface area (Å²) in [7, 11) is 1.38. The summed E-state index contributed by atoms with van der Waals surface area (Å²) in [6, 6.07) is 0. The van der Waals surface area contributed by atoms with Gasteiger partial charge in [-0.05, 0) is 49.9 Å². The molecule has 0 spiro atoms. The minimum Gasteiger partial charge on any atom is -0.465 e. The van der Waals surface area contributed by atoms with Crippen LogP contribution in [0.4, 0.5) is 5.00 Å². The number of unbranched alkanes of at least 4 members (excludes halogenated alkanes) is 1. The van der Waals surface area contributed by atoms with Gasteiger partial charge >= 0.3 is 5.97 Å². The molecule has 126 valence electrons. The fraction of sp³-hybridized carbons (Fsp3) is 0.562. The maximum Gasteiger partial charge on any atom is 0.341 e. The summed E-state index contributed by atoms with van der Waals surface area (Å²) < 4.78 is 4.91. The minimum absolute atomic E-state index is 0.106. The standard InChI is InChI=1S/C16H22N2O3S2/c1-3-4-9-12(19)17-16(22)18-14-13(15(20)21-2)10-7-5-6-8-11(10)23-14/h3-9H2,1-2H3,(H2,17,18,19,22). The summed E-state index contributed by atoms with van der Waals surface area (Å²) >= 11 is 6.73. The Hall–Kier alpha value is -1.47. The van der Waals surface area contributed by atoms with Gasteiger partial charge in [-0.15, -0.1) is 11.3 Å². The number of carbonyl (C=O) groups is 2. The Morgan fingerprint density at radius 1 is 1.30 bits per heavy atom. The van der Waals surface area contributed by atoms with Crippen molar-refractivity contribution in [3.63, 3.8) is 0 Å². The van der Waals surface area contributed by atoms with E-state index in [0.29, 0.717) is 17.0 Å². The summed E-state index contributed by atoms with van der Waals surface area (Å²) in [4.78, 5) is 25.1. The highest BCUT2D eigenvalue weighted by Crippen LogP contribution is 2.38. The molecule has 1 amide bonds. The van der Waals surface area contributed by atoms with Crippen molar-refractivity contribution in [2.45, 2.75) is 51.9 Å².